The largest absolute Gasteiger partial charge is 0.488 e. The number of nitrogens with two attached hydrogens (primary N) is 1. The number of H-pyrrole nitrogens is 2. The highest BCUT2D eigenvalue weighted by molar-refractivity contribution is 5.98. The molecule has 1 saturated heterocycles. The van der Waals surface area contributed by atoms with E-state index in [4.69, 9.17) is 15.2 Å². The van der Waals surface area contributed by atoms with Crippen molar-refractivity contribution < 1.29 is 28.6 Å². The number of aldehydes is 1. The molecule has 3 aliphatic rings. The second-order valence-electron chi connectivity index (χ2n) is 14.1. The average molecular weight is 739 g/mol. The molecule has 5 N–H and O–H groups in total. The van der Waals surface area contributed by atoms with Crippen molar-refractivity contribution in [3.63, 3.8) is 0 Å². The molecule has 286 valence electrons. The van der Waals surface area contributed by atoms with E-state index in [1.165, 1.54) is 7.11 Å². The number of hydrogen-bond donors (Lipinski definition) is 4. The van der Waals surface area contributed by atoms with Crippen molar-refractivity contribution >= 4 is 29.4 Å². The van der Waals surface area contributed by atoms with Crippen LogP contribution in [0, 0.1) is 5.92 Å². The molecule has 7 rings (SSSR count). The molecule has 2 aromatic carbocycles. The molecule has 2 atom stereocenters. The van der Waals surface area contributed by atoms with Gasteiger partial charge in [0.2, 0.25) is 5.91 Å². The van der Waals surface area contributed by atoms with Gasteiger partial charge in [0.05, 0.1) is 56.1 Å². The molecular formula is C40H50N8O6. The minimum Gasteiger partial charge on any atom is -0.488 e. The standard InChI is InChI=1S/C33H37N7O3.C7H13NO3/c1-3-10-39(2)17-31-35-15-26(37-31)20-6-8-22-24-19-43-30-13-21(7-9-23(30)25(24)18-42-29(22)12-20)27-16-36-33(38-27)28-5-4-11-40(28)32(41)14-34;1-5(2)6(4-9)8-7(10)11-3/h6-9,12-13,15-16,28H,3-5,10-11,14,17-19,34H2,1-2H3,(H,35,37)(H,36,38);4-6H,1-3H3,(H,8,10)/t28-;/m0./s1. The van der Waals surface area contributed by atoms with Gasteiger partial charge in [-0.15, -0.1) is 0 Å². The molecule has 54 heavy (non-hydrogen) atoms. The van der Waals surface area contributed by atoms with E-state index in [1.54, 1.807) is 0 Å². The van der Waals surface area contributed by atoms with E-state index < -0.39 is 12.1 Å². The van der Waals surface area contributed by atoms with E-state index in [1.807, 2.05) is 31.1 Å². The third-order valence-electron chi connectivity index (χ3n) is 9.99. The Kier molecular flexibility index (Phi) is 12.1. The van der Waals surface area contributed by atoms with Crippen molar-refractivity contribution in [1.29, 1.82) is 0 Å². The van der Waals surface area contributed by atoms with Crippen molar-refractivity contribution in [2.75, 3.05) is 47.0 Å². The SMILES string of the molecule is CCCN(C)Cc1ncc(-c2ccc3c(c2)OCC2=C3COc3cc(-c4cnc([C@@H]5CCCN5C(=O)CN)[nH]4)ccc32)[nH]1.COC(=O)NC(C=O)C(C)C. The lowest BCUT2D eigenvalue weighted by molar-refractivity contribution is -0.130. The fourth-order valence-electron chi connectivity index (χ4n) is 7.05. The fraction of sp³-hybridized carbons (Fsp3) is 0.425. The first-order valence-corrected chi connectivity index (χ1v) is 18.5. The summed E-state index contributed by atoms with van der Waals surface area (Å²) < 4.78 is 17.0. The zero-order valence-electron chi connectivity index (χ0n) is 31.6. The monoisotopic (exact) mass is 738 g/mol. The number of imidazole rings is 2. The number of nitrogens with zero attached hydrogens (tertiary/aromatic N) is 4. The number of aromatic amines is 2. The number of carbonyl (C=O) groups excluding carboxylic acids is 3. The Morgan fingerprint density at radius 1 is 1.04 bits per heavy atom. The minimum atomic E-state index is -0.573. The maximum absolute atomic E-state index is 12.3. The Balaban J connectivity index is 0.000000395. The van der Waals surface area contributed by atoms with Gasteiger partial charge in [-0.1, -0.05) is 45.0 Å². The summed E-state index contributed by atoms with van der Waals surface area (Å²) in [6.45, 7) is 9.39. The smallest absolute Gasteiger partial charge is 0.407 e. The van der Waals surface area contributed by atoms with Crippen LogP contribution in [0.5, 0.6) is 11.5 Å². The van der Waals surface area contributed by atoms with Crippen molar-refractivity contribution in [2.24, 2.45) is 11.7 Å². The normalized spacial score (nSPS) is 16.4. The summed E-state index contributed by atoms with van der Waals surface area (Å²) in [6.07, 6.45) is 6.79. The molecule has 14 nitrogen and oxygen atoms in total. The van der Waals surface area contributed by atoms with Crippen molar-refractivity contribution in [3.05, 3.63) is 71.6 Å². The van der Waals surface area contributed by atoms with Gasteiger partial charge in [-0.25, -0.2) is 14.8 Å². The van der Waals surface area contributed by atoms with Gasteiger partial charge in [0, 0.05) is 39.9 Å². The lowest BCUT2D eigenvalue weighted by atomic mass is 9.89. The summed E-state index contributed by atoms with van der Waals surface area (Å²) in [4.78, 5) is 53.4. The van der Waals surface area contributed by atoms with Gasteiger partial charge in [0.1, 0.15) is 42.6 Å². The highest BCUT2D eigenvalue weighted by Crippen LogP contribution is 2.45. The number of carbonyl (C=O) groups is 3. The van der Waals surface area contributed by atoms with Crippen LogP contribution >= 0.6 is 0 Å². The lowest BCUT2D eigenvalue weighted by Crippen LogP contribution is -2.39. The van der Waals surface area contributed by atoms with Gasteiger partial charge in [0.25, 0.3) is 0 Å². The van der Waals surface area contributed by atoms with E-state index in [0.29, 0.717) is 26.0 Å². The molecule has 0 bridgehead atoms. The van der Waals surface area contributed by atoms with Crippen LogP contribution in [-0.4, -0.2) is 101 Å². The lowest BCUT2D eigenvalue weighted by Gasteiger charge is -2.30. The molecule has 0 aliphatic carbocycles. The number of fused-ring (bicyclic) bond motifs is 4. The molecule has 5 heterocycles. The third kappa shape index (κ3) is 8.34. The summed E-state index contributed by atoms with van der Waals surface area (Å²) >= 11 is 0. The van der Waals surface area contributed by atoms with Gasteiger partial charge < -0.3 is 44.9 Å². The number of benzene rings is 2. The Morgan fingerprint density at radius 2 is 1.67 bits per heavy atom. The van der Waals surface area contributed by atoms with Gasteiger partial charge in [0.15, 0.2) is 0 Å². The number of alkyl carbamates (subject to hydrolysis) is 1. The fourth-order valence-corrected chi connectivity index (χ4v) is 7.05. The van der Waals surface area contributed by atoms with Gasteiger partial charge in [-0.2, -0.15) is 0 Å². The molecule has 3 aliphatic heterocycles. The highest BCUT2D eigenvalue weighted by atomic mass is 16.5. The van der Waals surface area contributed by atoms with E-state index in [2.05, 4.69) is 85.3 Å². The molecule has 0 saturated carbocycles. The van der Waals surface area contributed by atoms with E-state index in [0.717, 1.165) is 100 Å². The number of nitrogens with one attached hydrogen (secondary N) is 3. The maximum atomic E-state index is 12.3. The van der Waals surface area contributed by atoms with Gasteiger partial charge >= 0.3 is 6.09 Å². The van der Waals surface area contributed by atoms with Gasteiger partial charge in [-0.3, -0.25) is 9.69 Å². The van der Waals surface area contributed by atoms with Crippen LogP contribution in [0.1, 0.15) is 68.9 Å². The number of methoxy groups -OCH3 is 1. The summed E-state index contributed by atoms with van der Waals surface area (Å²) in [5.41, 5.74) is 14.0. The quantitative estimate of drug-likeness (QED) is 0.150. The average Bonchev–Trinajstić information content (AvgIpc) is 3.98. The predicted octanol–water partition coefficient (Wildman–Crippen LogP) is 5.19. The first-order valence-electron chi connectivity index (χ1n) is 18.5. The summed E-state index contributed by atoms with van der Waals surface area (Å²) in [7, 11) is 3.37. The topological polar surface area (TPSA) is 181 Å². The first kappa shape index (κ1) is 38.3. The molecular weight excluding hydrogens is 688 g/mol. The Morgan fingerprint density at radius 3 is 2.24 bits per heavy atom. The number of hydrogen-bond acceptors (Lipinski definition) is 10. The molecule has 4 aromatic rings. The number of aromatic nitrogens is 4. The van der Waals surface area contributed by atoms with Crippen LogP contribution in [0.15, 0.2) is 48.8 Å². The number of ether oxygens (including phenoxy) is 3. The van der Waals surface area contributed by atoms with Crippen molar-refractivity contribution in [2.45, 2.75) is 58.7 Å². The molecule has 0 spiro atoms. The molecule has 2 amide bonds. The number of amides is 2. The highest BCUT2D eigenvalue weighted by Gasteiger charge is 2.32. The second-order valence-corrected chi connectivity index (χ2v) is 14.1. The zero-order valence-corrected chi connectivity index (χ0v) is 31.6. The van der Waals surface area contributed by atoms with Crippen molar-refractivity contribution in [1.82, 2.24) is 35.1 Å². The predicted molar refractivity (Wildman–Crippen MR) is 205 cm³/mol. The zero-order chi connectivity index (χ0) is 38.4. The summed E-state index contributed by atoms with van der Waals surface area (Å²) in [5.74, 6) is 3.49. The third-order valence-corrected chi connectivity index (χ3v) is 9.99. The number of rotatable bonds is 11. The van der Waals surface area contributed by atoms with Gasteiger partial charge in [-0.05, 0) is 50.9 Å². The summed E-state index contributed by atoms with van der Waals surface area (Å²) in [6, 6.07) is 12.1. The van der Waals surface area contributed by atoms with Crippen LogP contribution in [0.3, 0.4) is 0 Å². The van der Waals surface area contributed by atoms with E-state index in [-0.39, 0.29) is 24.4 Å². The van der Waals surface area contributed by atoms with Crippen LogP contribution in [0.2, 0.25) is 0 Å². The van der Waals surface area contributed by atoms with Crippen LogP contribution < -0.4 is 20.5 Å². The van der Waals surface area contributed by atoms with Crippen LogP contribution in [0.25, 0.3) is 33.7 Å². The van der Waals surface area contributed by atoms with E-state index in [9.17, 15) is 14.4 Å². The Bertz CT molecular complexity index is 2000. The Labute approximate surface area is 315 Å². The molecule has 1 unspecified atom stereocenters. The first-order chi connectivity index (χ1) is 26.1. The van der Waals surface area contributed by atoms with E-state index >= 15 is 0 Å². The summed E-state index contributed by atoms with van der Waals surface area (Å²) in [5, 5.41) is 2.39. The number of likely N-dealkylation sites (tertiary alicyclic amines) is 1. The molecule has 2 aromatic heterocycles. The second kappa shape index (κ2) is 17.1. The van der Waals surface area contributed by atoms with Crippen LogP contribution in [-0.2, 0) is 20.9 Å². The maximum Gasteiger partial charge on any atom is 0.407 e. The molecule has 1 fully saturated rings. The Hall–Kier alpha value is -5.47. The minimum absolute atomic E-state index is 0.0156. The molecule has 14 heteroatoms. The molecule has 0 radical (unpaired) electrons. The van der Waals surface area contributed by atoms with Crippen LogP contribution in [0.4, 0.5) is 4.79 Å². The van der Waals surface area contributed by atoms with Crippen molar-refractivity contribution in [3.8, 4) is 34.0 Å².